The molecule has 4 aliphatic heterocycles. The zero-order valence-corrected chi connectivity index (χ0v) is 20.4. The first-order chi connectivity index (χ1) is 16.5. The summed E-state index contributed by atoms with van der Waals surface area (Å²) in [5.74, 6) is 0.198. The number of halogens is 1. The summed E-state index contributed by atoms with van der Waals surface area (Å²) in [6.45, 7) is 8.18. The molecule has 0 N–H and O–H groups in total. The van der Waals surface area contributed by atoms with Gasteiger partial charge in [-0.05, 0) is 56.1 Å². The second kappa shape index (κ2) is 9.79. The van der Waals surface area contributed by atoms with Gasteiger partial charge in [0, 0.05) is 25.2 Å². The van der Waals surface area contributed by atoms with E-state index >= 15 is 0 Å². The van der Waals surface area contributed by atoms with Crippen molar-refractivity contribution >= 4 is 5.97 Å². The number of hydrogen-bond acceptors (Lipinski definition) is 3. The largest absolute Gasteiger partial charge is 0.454 e. The third-order valence-corrected chi connectivity index (χ3v) is 8.81. The maximum atomic E-state index is 13.9. The third-order valence-electron chi connectivity index (χ3n) is 8.81. The first-order valence-corrected chi connectivity index (χ1v) is 13.1. The highest BCUT2D eigenvalue weighted by Gasteiger charge is 2.50. The average molecular weight is 466 g/mol. The molecule has 2 aromatic carbocycles. The quantitative estimate of drug-likeness (QED) is 0.429. The highest BCUT2D eigenvalue weighted by Crippen LogP contribution is 2.39. The van der Waals surface area contributed by atoms with Crippen LogP contribution in [0, 0.1) is 11.7 Å². The molecule has 2 bridgehead atoms. The van der Waals surface area contributed by atoms with E-state index in [9.17, 15) is 9.18 Å². The Bertz CT molecular complexity index is 965. The van der Waals surface area contributed by atoms with Crippen LogP contribution in [0.15, 0.2) is 54.6 Å². The van der Waals surface area contributed by atoms with Gasteiger partial charge in [-0.3, -0.25) is 4.90 Å². The number of rotatable bonds is 7. The molecule has 0 saturated carbocycles. The molecule has 4 fully saturated rings. The summed E-state index contributed by atoms with van der Waals surface area (Å²) < 4.78 is 20.8. The predicted molar refractivity (Wildman–Crippen MR) is 132 cm³/mol. The molecule has 5 heteroatoms. The number of fused-ring (bicyclic) bond motifs is 3. The SMILES string of the molecule is C[C@@](C(=O)O[C@H]1C[N+]2(CCc3ccc(F)cc3)CCC1CC2)(c1ccccc1)N1CCCCC1. The maximum absolute atomic E-state index is 13.9. The number of nitrogens with zero attached hydrogens (tertiary/aromatic N) is 2. The van der Waals surface area contributed by atoms with Gasteiger partial charge in [0.1, 0.15) is 17.9 Å². The van der Waals surface area contributed by atoms with Crippen LogP contribution in [0.4, 0.5) is 4.39 Å². The molecule has 0 aliphatic carbocycles. The molecule has 2 atom stereocenters. The minimum atomic E-state index is -0.743. The van der Waals surface area contributed by atoms with Gasteiger partial charge in [-0.25, -0.2) is 9.18 Å². The molecule has 4 nitrogen and oxygen atoms in total. The number of carbonyl (C=O) groups excluding carboxylic acids is 1. The zero-order valence-electron chi connectivity index (χ0n) is 20.4. The first-order valence-electron chi connectivity index (χ1n) is 13.1. The standard InChI is InChI=1S/C29H38FN2O2/c1-29(25-8-4-2-5-9-25,31-17-6-3-7-18-31)28(33)34-27-22-32(20-15-24(27)16-21-32)19-14-23-10-12-26(30)13-11-23/h2,4-5,8-13,24,27H,3,6-7,14-22H2,1H3/q+1/t24?,27-,29-,32?/m0/s1. The summed E-state index contributed by atoms with van der Waals surface area (Å²) in [4.78, 5) is 16.3. The van der Waals surface area contributed by atoms with Crippen molar-refractivity contribution in [3.63, 3.8) is 0 Å². The van der Waals surface area contributed by atoms with Gasteiger partial charge in [0.15, 0.2) is 6.10 Å². The normalized spacial score (nSPS) is 28.9. The van der Waals surface area contributed by atoms with Crippen LogP contribution in [0.1, 0.15) is 50.2 Å². The summed E-state index contributed by atoms with van der Waals surface area (Å²) in [5, 5.41) is 0. The number of benzene rings is 2. The average Bonchev–Trinajstić information content (AvgIpc) is 2.89. The zero-order chi connectivity index (χ0) is 23.6. The van der Waals surface area contributed by atoms with Crippen molar-refractivity contribution in [1.29, 1.82) is 0 Å². The predicted octanol–water partition coefficient (Wildman–Crippen LogP) is 4.92. The number of quaternary nitrogens is 1. The van der Waals surface area contributed by atoms with Crippen molar-refractivity contribution in [3.8, 4) is 0 Å². The maximum Gasteiger partial charge on any atom is 0.331 e. The highest BCUT2D eigenvalue weighted by molar-refractivity contribution is 5.82. The lowest BCUT2D eigenvalue weighted by Gasteiger charge is -2.53. The van der Waals surface area contributed by atoms with E-state index in [2.05, 4.69) is 24.0 Å². The van der Waals surface area contributed by atoms with Crippen LogP contribution in [0.5, 0.6) is 0 Å². The van der Waals surface area contributed by atoms with E-state index in [1.807, 2.05) is 30.3 Å². The molecule has 0 unspecified atom stereocenters. The van der Waals surface area contributed by atoms with Crippen molar-refractivity contribution in [3.05, 3.63) is 71.5 Å². The molecule has 4 aliphatic rings. The van der Waals surface area contributed by atoms with E-state index in [-0.39, 0.29) is 17.9 Å². The van der Waals surface area contributed by atoms with Crippen molar-refractivity contribution in [1.82, 2.24) is 4.90 Å². The van der Waals surface area contributed by atoms with Gasteiger partial charge >= 0.3 is 5.97 Å². The van der Waals surface area contributed by atoms with Crippen LogP contribution >= 0.6 is 0 Å². The summed E-state index contributed by atoms with van der Waals surface area (Å²) in [5.41, 5.74) is 1.47. The minimum absolute atomic E-state index is 0.0176. The molecular weight excluding hydrogens is 427 g/mol. The molecule has 4 saturated heterocycles. The Labute approximate surface area is 203 Å². The van der Waals surface area contributed by atoms with E-state index < -0.39 is 5.54 Å². The molecule has 0 radical (unpaired) electrons. The summed E-state index contributed by atoms with van der Waals surface area (Å²) in [6.07, 6.45) is 6.64. The van der Waals surface area contributed by atoms with E-state index in [0.717, 1.165) is 81.4 Å². The van der Waals surface area contributed by atoms with Crippen LogP contribution < -0.4 is 0 Å². The number of ether oxygens (including phenoxy) is 1. The molecule has 0 amide bonds. The highest BCUT2D eigenvalue weighted by atomic mass is 19.1. The van der Waals surface area contributed by atoms with Gasteiger partial charge in [-0.15, -0.1) is 0 Å². The summed E-state index contributed by atoms with van der Waals surface area (Å²) in [7, 11) is 0. The molecule has 2 aromatic rings. The monoisotopic (exact) mass is 465 g/mol. The van der Waals surface area contributed by atoms with Crippen molar-refractivity contribution in [2.75, 3.05) is 39.3 Å². The minimum Gasteiger partial charge on any atom is -0.454 e. The Morgan fingerprint density at radius 3 is 2.38 bits per heavy atom. The molecule has 34 heavy (non-hydrogen) atoms. The van der Waals surface area contributed by atoms with Gasteiger partial charge in [-0.2, -0.15) is 0 Å². The first kappa shape index (κ1) is 23.5. The van der Waals surface area contributed by atoms with Crippen molar-refractivity contribution in [2.24, 2.45) is 5.92 Å². The lowest BCUT2D eigenvalue weighted by molar-refractivity contribution is -0.946. The van der Waals surface area contributed by atoms with E-state index in [0.29, 0.717) is 5.92 Å². The van der Waals surface area contributed by atoms with Crippen LogP contribution in [0.2, 0.25) is 0 Å². The number of piperidine rings is 4. The number of carbonyl (C=O) groups is 1. The van der Waals surface area contributed by atoms with Gasteiger partial charge in [-0.1, -0.05) is 48.9 Å². The second-order valence-corrected chi connectivity index (χ2v) is 10.8. The number of hydrogen-bond donors (Lipinski definition) is 0. The number of likely N-dealkylation sites (tertiary alicyclic amines) is 1. The fourth-order valence-electron chi connectivity index (χ4n) is 6.47. The van der Waals surface area contributed by atoms with Gasteiger partial charge in [0.2, 0.25) is 0 Å². The van der Waals surface area contributed by atoms with E-state index in [1.165, 1.54) is 12.0 Å². The molecule has 182 valence electrons. The van der Waals surface area contributed by atoms with E-state index in [1.54, 1.807) is 12.1 Å². The third kappa shape index (κ3) is 4.65. The number of esters is 1. The Kier molecular flexibility index (Phi) is 6.76. The Balaban J connectivity index is 1.31. The molecule has 0 aromatic heterocycles. The fraction of sp³-hybridized carbons (Fsp3) is 0.552. The van der Waals surface area contributed by atoms with E-state index in [4.69, 9.17) is 4.74 Å². The van der Waals surface area contributed by atoms with Gasteiger partial charge < -0.3 is 9.22 Å². The van der Waals surface area contributed by atoms with Gasteiger partial charge in [0.05, 0.1) is 19.6 Å². The Morgan fingerprint density at radius 1 is 1.03 bits per heavy atom. The lowest BCUT2D eigenvalue weighted by Crippen LogP contribution is -2.65. The van der Waals surface area contributed by atoms with Crippen molar-refractivity contribution < 1.29 is 18.4 Å². The van der Waals surface area contributed by atoms with Crippen molar-refractivity contribution in [2.45, 2.75) is 57.1 Å². The summed E-state index contributed by atoms with van der Waals surface area (Å²) in [6, 6.07) is 17.1. The smallest absolute Gasteiger partial charge is 0.331 e. The molecule has 4 heterocycles. The Morgan fingerprint density at radius 2 is 1.71 bits per heavy atom. The van der Waals surface area contributed by atoms with Crippen LogP contribution in [0.3, 0.4) is 0 Å². The van der Waals surface area contributed by atoms with Gasteiger partial charge in [0.25, 0.3) is 0 Å². The second-order valence-electron chi connectivity index (χ2n) is 10.8. The topological polar surface area (TPSA) is 29.5 Å². The van der Waals surface area contributed by atoms with Crippen LogP contribution in [0.25, 0.3) is 0 Å². The molecular formula is C29H38FN2O2+. The fourth-order valence-corrected chi connectivity index (χ4v) is 6.47. The Hall–Kier alpha value is -2.24. The van der Waals surface area contributed by atoms with Crippen LogP contribution in [-0.2, 0) is 21.5 Å². The summed E-state index contributed by atoms with van der Waals surface area (Å²) >= 11 is 0. The lowest BCUT2D eigenvalue weighted by atomic mass is 9.82. The molecule has 0 spiro atoms. The molecule has 6 rings (SSSR count). The van der Waals surface area contributed by atoms with Crippen LogP contribution in [-0.4, -0.2) is 60.7 Å².